The molecule has 0 amide bonds. The summed E-state index contributed by atoms with van der Waals surface area (Å²) in [6.07, 6.45) is -1.88. The average Bonchev–Trinajstić information content (AvgIpc) is 2.17. The molecule has 1 N–H and O–H groups in total. The van der Waals surface area contributed by atoms with Crippen LogP contribution in [0.3, 0.4) is 0 Å². The minimum absolute atomic E-state index is 0.147. The summed E-state index contributed by atoms with van der Waals surface area (Å²) in [4.78, 5) is 0. The van der Waals surface area contributed by atoms with Crippen molar-refractivity contribution >= 4 is 7.85 Å². The van der Waals surface area contributed by atoms with Crippen molar-refractivity contribution in [2.24, 2.45) is 0 Å². The van der Waals surface area contributed by atoms with Crippen LogP contribution in [0, 0.1) is 0 Å². The molecule has 1 fully saturated rings. The second kappa shape index (κ2) is 3.32. The molecule has 0 aliphatic carbocycles. The first kappa shape index (κ1) is 9.96. The van der Waals surface area contributed by atoms with Crippen LogP contribution in [-0.2, 0) is 9.47 Å². The minimum Gasteiger partial charge on any atom is -0.387 e. The predicted octanol–water partition coefficient (Wildman–Crippen LogP) is -0.385. The van der Waals surface area contributed by atoms with Gasteiger partial charge in [0.05, 0.1) is 12.6 Å². The van der Waals surface area contributed by atoms with Crippen molar-refractivity contribution in [1.29, 1.82) is 0 Å². The lowest BCUT2D eigenvalue weighted by Crippen LogP contribution is -2.42. The van der Waals surface area contributed by atoms with Crippen LogP contribution in [0.2, 0.25) is 0 Å². The van der Waals surface area contributed by atoms with Gasteiger partial charge in [-0.05, 0) is 6.92 Å². The first-order chi connectivity index (χ1) is 5.50. The van der Waals surface area contributed by atoms with Gasteiger partial charge in [-0.1, -0.05) is 0 Å². The molecule has 68 valence electrons. The van der Waals surface area contributed by atoms with Gasteiger partial charge in [0.2, 0.25) is 0 Å². The van der Waals surface area contributed by atoms with E-state index in [1.807, 2.05) is 0 Å². The number of methoxy groups -OCH3 is 1. The molecule has 0 spiro atoms. The Labute approximate surface area is 72.3 Å². The molecular formula is C7H12BFO3. The molecule has 0 unspecified atom stereocenters. The third kappa shape index (κ3) is 1.49. The highest BCUT2D eigenvalue weighted by atomic mass is 19.1. The van der Waals surface area contributed by atoms with Crippen LogP contribution in [0.5, 0.6) is 0 Å². The Bertz CT molecular complexity index is 165. The highest BCUT2D eigenvalue weighted by molar-refractivity contribution is 6.12. The monoisotopic (exact) mass is 174 g/mol. The summed E-state index contributed by atoms with van der Waals surface area (Å²) in [6, 6.07) is -1.08. The van der Waals surface area contributed by atoms with Gasteiger partial charge < -0.3 is 14.6 Å². The molecule has 4 atom stereocenters. The number of aliphatic hydroxyl groups excluding tert-OH is 1. The first-order valence-electron chi connectivity index (χ1n) is 3.77. The number of aliphatic hydroxyl groups is 1. The van der Waals surface area contributed by atoms with Crippen LogP contribution in [0.1, 0.15) is 6.92 Å². The van der Waals surface area contributed by atoms with Gasteiger partial charge in [-0.3, -0.25) is 0 Å². The topological polar surface area (TPSA) is 38.7 Å². The normalized spacial score (nSPS) is 48.2. The molecule has 1 saturated heterocycles. The van der Waals surface area contributed by atoms with E-state index in [0.29, 0.717) is 0 Å². The maximum absolute atomic E-state index is 13.4. The molecule has 0 aromatic heterocycles. The smallest absolute Gasteiger partial charge is 0.153 e. The SMILES string of the molecule is [B][C@@H]1O[C@H](COC)[C@@H](O)[C@@]1(C)F. The summed E-state index contributed by atoms with van der Waals surface area (Å²) in [5.41, 5.74) is -1.89. The van der Waals surface area contributed by atoms with Crippen molar-refractivity contribution in [2.75, 3.05) is 13.7 Å². The fourth-order valence-electron chi connectivity index (χ4n) is 1.22. The van der Waals surface area contributed by atoms with E-state index in [2.05, 4.69) is 0 Å². The van der Waals surface area contributed by atoms with E-state index >= 15 is 0 Å². The second-order valence-electron chi connectivity index (χ2n) is 3.15. The van der Waals surface area contributed by atoms with Crippen LogP contribution >= 0.6 is 0 Å². The Kier molecular flexibility index (Phi) is 2.75. The van der Waals surface area contributed by atoms with Gasteiger partial charge >= 0.3 is 0 Å². The average molecular weight is 174 g/mol. The maximum atomic E-state index is 13.4. The van der Waals surface area contributed by atoms with E-state index in [1.54, 1.807) is 0 Å². The van der Waals surface area contributed by atoms with E-state index in [9.17, 15) is 9.50 Å². The highest BCUT2D eigenvalue weighted by Crippen LogP contribution is 2.32. The third-order valence-electron chi connectivity index (χ3n) is 2.14. The van der Waals surface area contributed by atoms with Crippen molar-refractivity contribution in [1.82, 2.24) is 0 Å². The molecule has 0 bridgehead atoms. The summed E-state index contributed by atoms with van der Waals surface area (Å²) >= 11 is 0. The minimum atomic E-state index is -1.89. The molecule has 12 heavy (non-hydrogen) atoms. The first-order valence-corrected chi connectivity index (χ1v) is 3.77. The summed E-state index contributed by atoms with van der Waals surface area (Å²) < 4.78 is 23.1. The molecule has 2 radical (unpaired) electrons. The van der Waals surface area contributed by atoms with Crippen LogP contribution in [0.25, 0.3) is 0 Å². The van der Waals surface area contributed by atoms with Crippen LogP contribution in [-0.4, -0.2) is 50.5 Å². The molecule has 1 aliphatic heterocycles. The van der Waals surface area contributed by atoms with Gasteiger partial charge in [0.25, 0.3) is 0 Å². The predicted molar refractivity (Wildman–Crippen MR) is 41.8 cm³/mol. The van der Waals surface area contributed by atoms with Crippen molar-refractivity contribution in [3.05, 3.63) is 0 Å². The Hall–Kier alpha value is -0.125. The van der Waals surface area contributed by atoms with Gasteiger partial charge in [-0.15, -0.1) is 0 Å². The van der Waals surface area contributed by atoms with Gasteiger partial charge in [-0.2, -0.15) is 0 Å². The van der Waals surface area contributed by atoms with Crippen molar-refractivity contribution < 1.29 is 19.0 Å². The summed E-state index contributed by atoms with van der Waals surface area (Å²) in [6.45, 7) is 1.37. The summed E-state index contributed by atoms with van der Waals surface area (Å²) in [5.74, 6) is 0. The lowest BCUT2D eigenvalue weighted by atomic mass is 9.83. The molecular weight excluding hydrogens is 162 g/mol. The number of hydrogen-bond acceptors (Lipinski definition) is 3. The number of hydrogen-bond donors (Lipinski definition) is 1. The molecule has 1 rings (SSSR count). The van der Waals surface area contributed by atoms with Crippen LogP contribution in [0.15, 0.2) is 0 Å². The van der Waals surface area contributed by atoms with Crippen LogP contribution < -0.4 is 0 Å². The fourth-order valence-corrected chi connectivity index (χ4v) is 1.22. The molecule has 0 aromatic rings. The van der Waals surface area contributed by atoms with Gasteiger partial charge in [0.1, 0.15) is 20.1 Å². The Balaban J connectivity index is 2.63. The van der Waals surface area contributed by atoms with Crippen molar-refractivity contribution in [3.8, 4) is 0 Å². The number of ether oxygens (including phenoxy) is 2. The van der Waals surface area contributed by atoms with Gasteiger partial charge in [0.15, 0.2) is 5.67 Å². The van der Waals surface area contributed by atoms with E-state index in [-0.39, 0.29) is 6.61 Å². The Morgan fingerprint density at radius 3 is 2.67 bits per heavy atom. The number of rotatable bonds is 2. The van der Waals surface area contributed by atoms with E-state index in [0.717, 1.165) is 0 Å². The maximum Gasteiger partial charge on any atom is 0.153 e. The van der Waals surface area contributed by atoms with Crippen molar-refractivity contribution in [3.63, 3.8) is 0 Å². The van der Waals surface area contributed by atoms with E-state index in [1.165, 1.54) is 14.0 Å². The zero-order chi connectivity index (χ0) is 9.35. The van der Waals surface area contributed by atoms with Crippen LogP contribution in [0.4, 0.5) is 4.39 Å². The molecule has 5 heteroatoms. The highest BCUT2D eigenvalue weighted by Gasteiger charge is 2.50. The lowest BCUT2D eigenvalue weighted by Gasteiger charge is -2.21. The quantitative estimate of drug-likeness (QED) is 0.579. The summed E-state index contributed by atoms with van der Waals surface area (Å²) in [7, 11) is 6.76. The third-order valence-corrected chi connectivity index (χ3v) is 2.14. The summed E-state index contributed by atoms with van der Waals surface area (Å²) in [5, 5.41) is 9.36. The Morgan fingerprint density at radius 1 is 1.75 bits per heavy atom. The zero-order valence-corrected chi connectivity index (χ0v) is 7.16. The zero-order valence-electron chi connectivity index (χ0n) is 7.16. The number of halogens is 1. The lowest BCUT2D eigenvalue weighted by molar-refractivity contribution is -0.0229. The molecule has 0 saturated carbocycles. The number of alkyl halides is 1. The largest absolute Gasteiger partial charge is 0.387 e. The van der Waals surface area contributed by atoms with Crippen molar-refractivity contribution in [2.45, 2.75) is 30.8 Å². The second-order valence-corrected chi connectivity index (χ2v) is 3.15. The molecule has 3 nitrogen and oxygen atoms in total. The molecule has 1 aliphatic rings. The van der Waals surface area contributed by atoms with Gasteiger partial charge in [-0.25, -0.2) is 4.39 Å². The standard InChI is InChI=1S/C7H12BFO3/c1-7(9)5(10)4(3-11-2)12-6(7)8/h4-6,10H,3H2,1-2H3/t4-,5-,6-,7-/m1/s1. The van der Waals surface area contributed by atoms with E-state index < -0.39 is 23.9 Å². The molecule has 0 aromatic carbocycles. The molecule has 1 heterocycles. The fraction of sp³-hybridized carbons (Fsp3) is 1.00. The Morgan fingerprint density at radius 2 is 2.33 bits per heavy atom. The van der Waals surface area contributed by atoms with Gasteiger partial charge in [0, 0.05) is 7.11 Å². The van der Waals surface area contributed by atoms with E-state index in [4.69, 9.17) is 17.3 Å².